The summed E-state index contributed by atoms with van der Waals surface area (Å²) in [5.74, 6) is -1.21. The molecule has 1 N–H and O–H groups in total. The van der Waals surface area contributed by atoms with Gasteiger partial charge in [0, 0.05) is 5.92 Å². The molecule has 156 valence electrons. The first-order valence-corrected chi connectivity index (χ1v) is 9.72. The highest BCUT2D eigenvalue weighted by molar-refractivity contribution is 5.86. The van der Waals surface area contributed by atoms with Crippen molar-refractivity contribution in [2.45, 2.75) is 85.0 Å². The Morgan fingerprint density at radius 3 is 2.07 bits per heavy atom. The van der Waals surface area contributed by atoms with E-state index in [2.05, 4.69) is 12.2 Å². The Labute approximate surface area is 168 Å². The number of carbonyl (C=O) groups is 3. The van der Waals surface area contributed by atoms with Crippen molar-refractivity contribution < 1.29 is 23.9 Å². The molecule has 1 aromatic rings. The van der Waals surface area contributed by atoms with Crippen LogP contribution in [0.3, 0.4) is 0 Å². The topological polar surface area (TPSA) is 81.7 Å². The average Bonchev–Trinajstić information content (AvgIpc) is 2.56. The second-order valence-electron chi connectivity index (χ2n) is 8.18. The summed E-state index contributed by atoms with van der Waals surface area (Å²) >= 11 is 0. The van der Waals surface area contributed by atoms with Crippen LogP contribution in [0.2, 0.25) is 0 Å². The van der Waals surface area contributed by atoms with Crippen LogP contribution in [-0.2, 0) is 25.5 Å². The number of hydrogen-bond acceptors (Lipinski definition) is 5. The van der Waals surface area contributed by atoms with Crippen molar-refractivity contribution in [3.05, 3.63) is 35.4 Å². The summed E-state index contributed by atoms with van der Waals surface area (Å²) in [5.41, 5.74) is 1.26. The van der Waals surface area contributed by atoms with E-state index in [1.54, 1.807) is 34.6 Å². The quantitative estimate of drug-likeness (QED) is 0.673. The highest BCUT2D eigenvalue weighted by Crippen LogP contribution is 2.24. The Morgan fingerprint density at radius 2 is 1.64 bits per heavy atom. The van der Waals surface area contributed by atoms with Gasteiger partial charge in [-0.05, 0) is 65.5 Å². The van der Waals surface area contributed by atoms with E-state index >= 15 is 0 Å². The van der Waals surface area contributed by atoms with Gasteiger partial charge in [0.05, 0.1) is 6.10 Å². The molecule has 0 aliphatic carbocycles. The van der Waals surface area contributed by atoms with Crippen LogP contribution in [0.4, 0.5) is 4.79 Å². The predicted octanol–water partition coefficient (Wildman–Crippen LogP) is 4.16. The fourth-order valence-corrected chi connectivity index (χ4v) is 2.74. The van der Waals surface area contributed by atoms with E-state index < -0.39 is 29.6 Å². The van der Waals surface area contributed by atoms with Gasteiger partial charge in [-0.1, -0.05) is 31.2 Å². The van der Waals surface area contributed by atoms with E-state index in [0.29, 0.717) is 0 Å². The summed E-state index contributed by atoms with van der Waals surface area (Å²) in [7, 11) is 0. The van der Waals surface area contributed by atoms with E-state index in [0.717, 1.165) is 17.5 Å². The summed E-state index contributed by atoms with van der Waals surface area (Å²) in [6.07, 6.45) is -0.0583. The zero-order valence-electron chi connectivity index (χ0n) is 18.0. The number of hydrogen-bond donors (Lipinski definition) is 1. The Hall–Kier alpha value is -2.37. The fourth-order valence-electron chi connectivity index (χ4n) is 2.74. The van der Waals surface area contributed by atoms with E-state index in [4.69, 9.17) is 9.47 Å². The van der Waals surface area contributed by atoms with Crippen LogP contribution in [0.25, 0.3) is 0 Å². The van der Waals surface area contributed by atoms with E-state index in [-0.39, 0.29) is 18.3 Å². The van der Waals surface area contributed by atoms with Gasteiger partial charge in [-0.3, -0.25) is 4.79 Å². The van der Waals surface area contributed by atoms with Crippen molar-refractivity contribution >= 4 is 17.8 Å². The van der Waals surface area contributed by atoms with Gasteiger partial charge < -0.3 is 14.8 Å². The van der Waals surface area contributed by atoms with Crippen LogP contribution >= 0.6 is 0 Å². The molecule has 0 saturated carbocycles. The van der Waals surface area contributed by atoms with Crippen LogP contribution in [0, 0.1) is 0 Å². The standard InChI is InChI=1S/C22H33NO5/c1-8-16-9-11-17(12-10-16)18(15(4)24)13-19(20(25)27-14(2)3)23-21(26)28-22(5,6)7/h9-12,14,18-19H,8,13H2,1-7H3,(H,23,26). The molecule has 0 fully saturated rings. The van der Waals surface area contributed by atoms with Gasteiger partial charge in [0.15, 0.2) is 0 Å². The van der Waals surface area contributed by atoms with Gasteiger partial charge >= 0.3 is 12.1 Å². The number of carbonyl (C=O) groups excluding carboxylic acids is 3. The molecular formula is C22H33NO5. The average molecular weight is 392 g/mol. The van der Waals surface area contributed by atoms with Gasteiger partial charge in [-0.2, -0.15) is 0 Å². The maximum atomic E-state index is 12.5. The van der Waals surface area contributed by atoms with Gasteiger partial charge in [-0.25, -0.2) is 9.59 Å². The number of ether oxygens (including phenoxy) is 2. The lowest BCUT2D eigenvalue weighted by atomic mass is 9.88. The van der Waals surface area contributed by atoms with Gasteiger partial charge in [-0.15, -0.1) is 0 Å². The highest BCUT2D eigenvalue weighted by Gasteiger charge is 2.31. The first-order chi connectivity index (χ1) is 12.9. The molecule has 1 aromatic carbocycles. The van der Waals surface area contributed by atoms with Gasteiger partial charge in [0.1, 0.15) is 17.4 Å². The number of benzene rings is 1. The molecule has 0 aromatic heterocycles. The summed E-state index contributed by atoms with van der Waals surface area (Å²) in [4.78, 5) is 37.0. The monoisotopic (exact) mass is 391 g/mol. The number of nitrogens with one attached hydrogen (secondary N) is 1. The van der Waals surface area contributed by atoms with E-state index in [1.165, 1.54) is 6.92 Å². The number of rotatable bonds is 8. The molecule has 2 unspecified atom stereocenters. The second kappa shape index (κ2) is 10.2. The first-order valence-electron chi connectivity index (χ1n) is 9.72. The third-order valence-electron chi connectivity index (χ3n) is 4.08. The van der Waals surface area contributed by atoms with Crippen molar-refractivity contribution in [1.82, 2.24) is 5.32 Å². The molecule has 2 atom stereocenters. The molecule has 0 bridgehead atoms. The van der Waals surface area contributed by atoms with Gasteiger partial charge in [0.2, 0.25) is 0 Å². The molecule has 6 nitrogen and oxygen atoms in total. The van der Waals surface area contributed by atoms with Crippen LogP contribution in [0.15, 0.2) is 24.3 Å². The third-order valence-corrected chi connectivity index (χ3v) is 4.08. The number of aryl methyl sites for hydroxylation is 1. The molecule has 0 saturated heterocycles. The lowest BCUT2D eigenvalue weighted by Gasteiger charge is -2.25. The minimum Gasteiger partial charge on any atom is -0.461 e. The number of ketones is 1. The molecule has 6 heteroatoms. The molecule has 0 aliphatic heterocycles. The number of esters is 1. The zero-order chi connectivity index (χ0) is 21.5. The van der Waals surface area contributed by atoms with Crippen LogP contribution < -0.4 is 5.32 Å². The Balaban J connectivity index is 3.06. The maximum absolute atomic E-state index is 12.5. The maximum Gasteiger partial charge on any atom is 0.408 e. The number of Topliss-reactive ketones (excluding diaryl/α,β-unsaturated/α-hetero) is 1. The third kappa shape index (κ3) is 8.11. The smallest absolute Gasteiger partial charge is 0.408 e. The second-order valence-corrected chi connectivity index (χ2v) is 8.18. The highest BCUT2D eigenvalue weighted by atomic mass is 16.6. The lowest BCUT2D eigenvalue weighted by Crippen LogP contribution is -2.46. The molecule has 28 heavy (non-hydrogen) atoms. The molecular weight excluding hydrogens is 358 g/mol. The SMILES string of the molecule is CCc1ccc(C(CC(NC(=O)OC(C)(C)C)C(=O)OC(C)C)C(C)=O)cc1. The molecule has 0 heterocycles. The Bertz CT molecular complexity index is 673. The van der Waals surface area contributed by atoms with Crippen molar-refractivity contribution in [3.8, 4) is 0 Å². The van der Waals surface area contributed by atoms with Crippen molar-refractivity contribution in [2.24, 2.45) is 0 Å². The van der Waals surface area contributed by atoms with Crippen LogP contribution in [0.5, 0.6) is 0 Å². The predicted molar refractivity (Wildman–Crippen MR) is 108 cm³/mol. The summed E-state index contributed by atoms with van der Waals surface area (Å²) in [6.45, 7) is 12.2. The first kappa shape index (κ1) is 23.7. The molecule has 1 amide bonds. The summed E-state index contributed by atoms with van der Waals surface area (Å²) < 4.78 is 10.5. The minimum absolute atomic E-state index is 0.0856. The largest absolute Gasteiger partial charge is 0.461 e. The molecule has 0 radical (unpaired) electrons. The molecule has 1 rings (SSSR count). The number of alkyl carbamates (subject to hydrolysis) is 1. The van der Waals surface area contributed by atoms with Gasteiger partial charge in [0.25, 0.3) is 0 Å². The number of amides is 1. The lowest BCUT2D eigenvalue weighted by molar-refractivity contribution is -0.150. The fraction of sp³-hybridized carbons (Fsp3) is 0.591. The summed E-state index contributed by atoms with van der Waals surface area (Å²) in [5, 5.41) is 2.57. The van der Waals surface area contributed by atoms with Crippen molar-refractivity contribution in [2.75, 3.05) is 0 Å². The van der Waals surface area contributed by atoms with Crippen LogP contribution in [-0.4, -0.2) is 35.6 Å². The molecule has 0 spiro atoms. The Kier molecular flexibility index (Phi) is 8.66. The zero-order valence-corrected chi connectivity index (χ0v) is 18.0. The van der Waals surface area contributed by atoms with Crippen LogP contribution in [0.1, 0.15) is 71.9 Å². The molecule has 0 aliphatic rings. The van der Waals surface area contributed by atoms with Crippen molar-refractivity contribution in [1.29, 1.82) is 0 Å². The van der Waals surface area contributed by atoms with E-state index in [1.807, 2.05) is 24.3 Å². The summed E-state index contributed by atoms with van der Waals surface area (Å²) in [6, 6.07) is 6.73. The van der Waals surface area contributed by atoms with Crippen molar-refractivity contribution in [3.63, 3.8) is 0 Å². The Morgan fingerprint density at radius 1 is 1.07 bits per heavy atom. The van der Waals surface area contributed by atoms with E-state index in [9.17, 15) is 14.4 Å². The minimum atomic E-state index is -0.989. The normalized spacial score (nSPS) is 13.6.